The SMILES string of the molecule is CCOc1cc(COc2ccc(/C=C3/C(=O)NC(=O)N(c4ccc(Cl)cc4)C3=O)cc2OC)ccc1OCc1ccccc1. The van der Waals surface area contributed by atoms with Crippen molar-refractivity contribution in [3.63, 3.8) is 0 Å². The van der Waals surface area contributed by atoms with Crippen molar-refractivity contribution >= 4 is 41.2 Å². The van der Waals surface area contributed by atoms with Gasteiger partial charge in [0.25, 0.3) is 11.8 Å². The van der Waals surface area contributed by atoms with Gasteiger partial charge in [-0.2, -0.15) is 0 Å². The van der Waals surface area contributed by atoms with Gasteiger partial charge in [0.1, 0.15) is 18.8 Å². The Labute approximate surface area is 259 Å². The van der Waals surface area contributed by atoms with Crippen molar-refractivity contribution in [2.75, 3.05) is 18.6 Å². The summed E-state index contributed by atoms with van der Waals surface area (Å²) in [5, 5.41) is 2.65. The van der Waals surface area contributed by atoms with E-state index in [1.165, 1.54) is 25.3 Å². The van der Waals surface area contributed by atoms with Crippen LogP contribution in [0, 0.1) is 0 Å². The maximum absolute atomic E-state index is 13.2. The summed E-state index contributed by atoms with van der Waals surface area (Å²) in [5.41, 5.74) is 2.46. The second kappa shape index (κ2) is 13.8. The quantitative estimate of drug-likeness (QED) is 0.151. The van der Waals surface area contributed by atoms with Crippen LogP contribution < -0.4 is 29.2 Å². The lowest BCUT2D eigenvalue weighted by Gasteiger charge is -2.26. The van der Waals surface area contributed by atoms with E-state index in [2.05, 4.69) is 5.32 Å². The van der Waals surface area contributed by atoms with Crippen LogP contribution in [0.5, 0.6) is 23.0 Å². The predicted molar refractivity (Wildman–Crippen MR) is 166 cm³/mol. The summed E-state index contributed by atoms with van der Waals surface area (Å²) >= 11 is 5.94. The molecule has 0 spiro atoms. The van der Waals surface area contributed by atoms with Crippen LogP contribution in [0.2, 0.25) is 5.02 Å². The smallest absolute Gasteiger partial charge is 0.335 e. The van der Waals surface area contributed by atoms with E-state index in [-0.39, 0.29) is 17.9 Å². The van der Waals surface area contributed by atoms with Crippen molar-refractivity contribution in [2.24, 2.45) is 0 Å². The lowest BCUT2D eigenvalue weighted by atomic mass is 10.1. The Balaban J connectivity index is 1.30. The zero-order valence-corrected chi connectivity index (χ0v) is 24.8. The van der Waals surface area contributed by atoms with E-state index in [4.69, 9.17) is 30.5 Å². The van der Waals surface area contributed by atoms with Crippen LogP contribution in [-0.4, -0.2) is 31.6 Å². The van der Waals surface area contributed by atoms with Gasteiger partial charge < -0.3 is 18.9 Å². The molecule has 0 aliphatic carbocycles. The monoisotopic (exact) mass is 612 g/mol. The third-order valence-corrected chi connectivity index (χ3v) is 6.88. The van der Waals surface area contributed by atoms with Crippen molar-refractivity contribution in [1.82, 2.24) is 5.32 Å². The lowest BCUT2D eigenvalue weighted by Crippen LogP contribution is -2.54. The number of amides is 4. The molecule has 1 heterocycles. The number of barbiturate groups is 1. The van der Waals surface area contributed by atoms with E-state index in [0.717, 1.165) is 16.0 Å². The van der Waals surface area contributed by atoms with Crippen LogP contribution in [0.1, 0.15) is 23.6 Å². The van der Waals surface area contributed by atoms with Crippen LogP contribution in [0.4, 0.5) is 10.5 Å². The molecule has 4 aromatic carbocycles. The minimum Gasteiger partial charge on any atom is -0.493 e. The molecular formula is C34H29ClN2O7. The number of rotatable bonds is 11. The molecule has 1 aliphatic rings. The van der Waals surface area contributed by atoms with E-state index in [1.807, 2.05) is 55.5 Å². The van der Waals surface area contributed by atoms with Crippen molar-refractivity contribution in [3.05, 3.63) is 118 Å². The average molecular weight is 613 g/mol. The third-order valence-electron chi connectivity index (χ3n) is 6.62. The number of ether oxygens (including phenoxy) is 4. The molecule has 224 valence electrons. The van der Waals surface area contributed by atoms with Crippen LogP contribution in [0.15, 0.2) is 96.6 Å². The first-order chi connectivity index (χ1) is 21.4. The zero-order chi connectivity index (χ0) is 31.1. The van der Waals surface area contributed by atoms with Gasteiger partial charge >= 0.3 is 6.03 Å². The van der Waals surface area contributed by atoms with Crippen molar-refractivity contribution in [1.29, 1.82) is 0 Å². The van der Waals surface area contributed by atoms with Gasteiger partial charge in [-0.3, -0.25) is 14.9 Å². The average Bonchev–Trinajstić information content (AvgIpc) is 3.03. The van der Waals surface area contributed by atoms with Crippen LogP contribution >= 0.6 is 11.6 Å². The maximum Gasteiger partial charge on any atom is 0.335 e. The molecule has 4 aromatic rings. The number of urea groups is 1. The predicted octanol–water partition coefficient (Wildman–Crippen LogP) is 6.57. The van der Waals surface area contributed by atoms with E-state index < -0.39 is 17.8 Å². The number of carbonyl (C=O) groups is 3. The summed E-state index contributed by atoms with van der Waals surface area (Å²) in [5.74, 6) is 0.524. The molecule has 5 rings (SSSR count). The van der Waals surface area contributed by atoms with Gasteiger partial charge in [-0.15, -0.1) is 0 Å². The fourth-order valence-electron chi connectivity index (χ4n) is 4.47. The molecule has 0 radical (unpaired) electrons. The number of nitrogens with zero attached hydrogens (tertiary/aromatic N) is 1. The summed E-state index contributed by atoms with van der Waals surface area (Å²) < 4.78 is 23.4. The second-order valence-electron chi connectivity index (χ2n) is 9.62. The van der Waals surface area contributed by atoms with Crippen molar-refractivity contribution < 1.29 is 33.3 Å². The van der Waals surface area contributed by atoms with Gasteiger partial charge in [-0.25, -0.2) is 9.69 Å². The Morgan fingerprint density at radius 3 is 2.14 bits per heavy atom. The second-order valence-corrected chi connectivity index (χ2v) is 10.1. The maximum atomic E-state index is 13.2. The van der Waals surface area contributed by atoms with Gasteiger partial charge in [-0.1, -0.05) is 54.1 Å². The van der Waals surface area contributed by atoms with Crippen LogP contribution in [0.3, 0.4) is 0 Å². The fraction of sp³-hybridized carbons (Fsp3) is 0.147. The largest absolute Gasteiger partial charge is 0.493 e. The molecule has 4 amide bonds. The van der Waals surface area contributed by atoms with E-state index in [1.54, 1.807) is 30.3 Å². The Hall–Kier alpha value is -5.28. The summed E-state index contributed by atoms with van der Waals surface area (Å²) in [6.07, 6.45) is 1.39. The van der Waals surface area contributed by atoms with Gasteiger partial charge in [-0.05, 0) is 78.2 Å². The summed E-state index contributed by atoms with van der Waals surface area (Å²) in [7, 11) is 1.49. The zero-order valence-electron chi connectivity index (χ0n) is 24.0. The number of hydrogen-bond acceptors (Lipinski definition) is 7. The number of benzene rings is 4. The standard InChI is InChI=1S/C34H29ClN2O7/c1-3-42-31-19-24(10-16-29(31)43-20-22-7-5-4-6-8-22)21-44-28-15-9-23(18-30(28)41-2)17-27-32(38)36-34(40)37(33(27)39)26-13-11-25(35)12-14-26/h4-19H,3,20-21H2,1-2H3,(H,36,38,40)/b27-17-. The van der Waals surface area contributed by atoms with Gasteiger partial charge in [0.05, 0.1) is 19.4 Å². The van der Waals surface area contributed by atoms with Gasteiger partial charge in [0, 0.05) is 5.02 Å². The van der Waals surface area contributed by atoms with Crippen molar-refractivity contribution in [3.8, 4) is 23.0 Å². The lowest BCUT2D eigenvalue weighted by molar-refractivity contribution is -0.122. The highest BCUT2D eigenvalue weighted by Gasteiger charge is 2.36. The fourth-order valence-corrected chi connectivity index (χ4v) is 4.59. The van der Waals surface area contributed by atoms with Gasteiger partial charge in [0.2, 0.25) is 0 Å². The topological polar surface area (TPSA) is 103 Å². The Bertz CT molecular complexity index is 1700. The molecule has 1 fully saturated rings. The number of methoxy groups -OCH3 is 1. The Morgan fingerprint density at radius 2 is 1.43 bits per heavy atom. The molecule has 44 heavy (non-hydrogen) atoms. The van der Waals surface area contributed by atoms with Crippen LogP contribution in [0.25, 0.3) is 6.08 Å². The highest BCUT2D eigenvalue weighted by molar-refractivity contribution is 6.39. The van der Waals surface area contributed by atoms with E-state index in [0.29, 0.717) is 46.8 Å². The Kier molecular flexibility index (Phi) is 9.46. The third kappa shape index (κ3) is 7.02. The molecule has 0 atom stereocenters. The summed E-state index contributed by atoms with van der Waals surface area (Å²) in [6, 6.07) is 25.8. The molecule has 0 bridgehead atoms. The molecule has 1 saturated heterocycles. The number of nitrogens with one attached hydrogen (secondary N) is 1. The molecule has 0 unspecified atom stereocenters. The van der Waals surface area contributed by atoms with Crippen molar-refractivity contribution in [2.45, 2.75) is 20.1 Å². The number of imide groups is 2. The summed E-state index contributed by atoms with van der Waals surface area (Å²) in [6.45, 7) is 3.01. The van der Waals surface area contributed by atoms with E-state index >= 15 is 0 Å². The first-order valence-corrected chi connectivity index (χ1v) is 14.1. The van der Waals surface area contributed by atoms with Crippen LogP contribution in [-0.2, 0) is 22.8 Å². The molecule has 10 heteroatoms. The highest BCUT2D eigenvalue weighted by Crippen LogP contribution is 2.33. The number of halogens is 1. The highest BCUT2D eigenvalue weighted by atomic mass is 35.5. The molecule has 9 nitrogen and oxygen atoms in total. The first kappa shape index (κ1) is 30.2. The minimum absolute atomic E-state index is 0.215. The number of anilines is 1. The van der Waals surface area contributed by atoms with Gasteiger partial charge in [0.15, 0.2) is 23.0 Å². The molecular weight excluding hydrogens is 584 g/mol. The molecule has 0 aromatic heterocycles. The first-order valence-electron chi connectivity index (χ1n) is 13.8. The molecule has 1 N–H and O–H groups in total. The number of carbonyl (C=O) groups excluding carboxylic acids is 3. The minimum atomic E-state index is -0.843. The normalized spacial score (nSPS) is 13.9. The molecule has 0 saturated carbocycles. The summed E-state index contributed by atoms with van der Waals surface area (Å²) in [4.78, 5) is 39.1. The Morgan fingerprint density at radius 1 is 0.750 bits per heavy atom. The molecule has 1 aliphatic heterocycles. The van der Waals surface area contributed by atoms with E-state index in [9.17, 15) is 14.4 Å². The number of hydrogen-bond donors (Lipinski definition) is 1.